The van der Waals surface area contributed by atoms with Gasteiger partial charge in [-0.3, -0.25) is 4.79 Å². The highest BCUT2D eigenvalue weighted by Gasteiger charge is 2.40. The molecule has 2 heterocycles. The van der Waals surface area contributed by atoms with E-state index in [1.165, 1.54) is 36.0 Å². The molecule has 0 saturated heterocycles. The lowest BCUT2D eigenvalue weighted by atomic mass is 9.97. The number of nitrogens with zero attached hydrogens (tertiary/aromatic N) is 3. The minimum atomic E-state index is -0.461. The number of rotatable bonds is 5. The second-order valence-corrected chi connectivity index (χ2v) is 8.35. The molecule has 6 nitrogen and oxygen atoms in total. The molecule has 148 valence electrons. The van der Waals surface area contributed by atoms with Crippen LogP contribution in [0.5, 0.6) is 5.75 Å². The molecule has 2 atom stereocenters. The smallest absolute Gasteiger partial charge is 0.210 e. The molecular weight excluding hydrogens is 391 g/mol. The number of benzene rings is 2. The Hall–Kier alpha value is -2.87. The van der Waals surface area contributed by atoms with Gasteiger partial charge >= 0.3 is 0 Å². The number of thioether (sulfide) groups is 1. The first kappa shape index (κ1) is 18.2. The van der Waals surface area contributed by atoms with E-state index in [0.29, 0.717) is 16.6 Å². The van der Waals surface area contributed by atoms with E-state index in [-0.39, 0.29) is 17.6 Å². The zero-order valence-corrected chi connectivity index (χ0v) is 16.5. The topological polar surface area (TPSA) is 69.0 Å². The number of fused-ring (bicyclic) bond motifs is 1. The van der Waals surface area contributed by atoms with Crippen molar-refractivity contribution < 1.29 is 13.9 Å². The van der Waals surface area contributed by atoms with Gasteiger partial charge in [0.1, 0.15) is 16.8 Å². The average Bonchev–Trinajstić information content (AvgIpc) is 3.52. The lowest BCUT2D eigenvalue weighted by Gasteiger charge is -2.33. The third kappa shape index (κ3) is 3.37. The van der Waals surface area contributed by atoms with E-state index in [9.17, 15) is 9.18 Å². The monoisotopic (exact) mass is 410 g/mol. The Morgan fingerprint density at radius 2 is 1.86 bits per heavy atom. The number of carbonyl (C=O) groups is 1. The first-order valence-corrected chi connectivity index (χ1v) is 10.3. The van der Waals surface area contributed by atoms with Crippen molar-refractivity contribution in [1.29, 1.82) is 0 Å². The fourth-order valence-electron chi connectivity index (χ4n) is 3.52. The number of aromatic nitrogens is 3. The van der Waals surface area contributed by atoms with Crippen LogP contribution in [0.25, 0.3) is 0 Å². The van der Waals surface area contributed by atoms with Crippen LogP contribution in [0.4, 0.5) is 4.39 Å². The molecule has 2 aromatic carbocycles. The highest BCUT2D eigenvalue weighted by Crippen LogP contribution is 2.44. The normalized spacial score (nSPS) is 20.6. The van der Waals surface area contributed by atoms with Crippen LogP contribution >= 0.6 is 11.8 Å². The second-order valence-electron chi connectivity index (χ2n) is 7.24. The molecule has 1 aromatic heterocycles. The summed E-state index contributed by atoms with van der Waals surface area (Å²) in [4.78, 5) is 13.3. The Labute approximate surface area is 171 Å². The van der Waals surface area contributed by atoms with E-state index in [1.54, 1.807) is 7.11 Å². The molecular formula is C21H19FN4O2S. The molecule has 29 heavy (non-hydrogen) atoms. The van der Waals surface area contributed by atoms with E-state index in [4.69, 9.17) is 4.74 Å². The molecule has 1 fully saturated rings. The van der Waals surface area contributed by atoms with Crippen LogP contribution in [0, 0.1) is 5.82 Å². The van der Waals surface area contributed by atoms with Crippen molar-refractivity contribution in [3.63, 3.8) is 0 Å². The molecule has 0 unspecified atom stereocenters. The molecule has 2 aliphatic rings. The van der Waals surface area contributed by atoms with Gasteiger partial charge in [-0.05, 0) is 54.8 Å². The highest BCUT2D eigenvalue weighted by atomic mass is 32.2. The van der Waals surface area contributed by atoms with Gasteiger partial charge < -0.3 is 10.2 Å². The highest BCUT2D eigenvalue weighted by molar-refractivity contribution is 8.00. The van der Waals surface area contributed by atoms with Crippen LogP contribution in [0.1, 0.15) is 46.5 Å². The number of methoxy groups -OCH3 is 1. The molecule has 0 radical (unpaired) electrons. The van der Waals surface area contributed by atoms with Gasteiger partial charge in [-0.15, -0.1) is 10.2 Å². The number of hydrogen-bond acceptors (Lipinski definition) is 6. The number of ether oxygens (including phenoxy) is 1. The molecule has 1 aliphatic carbocycles. The van der Waals surface area contributed by atoms with Gasteiger partial charge in [0.2, 0.25) is 5.16 Å². The zero-order chi connectivity index (χ0) is 20.0. The first-order valence-electron chi connectivity index (χ1n) is 9.46. The molecule has 1 N–H and O–H groups in total. The molecule has 3 aromatic rings. The molecule has 0 bridgehead atoms. The summed E-state index contributed by atoms with van der Waals surface area (Å²) in [5.74, 6) is 1.65. The van der Waals surface area contributed by atoms with Gasteiger partial charge in [0.25, 0.3) is 0 Å². The van der Waals surface area contributed by atoms with E-state index in [2.05, 4.69) is 15.6 Å². The van der Waals surface area contributed by atoms with Gasteiger partial charge in [-0.2, -0.15) is 0 Å². The minimum absolute atomic E-state index is 0.0782. The summed E-state index contributed by atoms with van der Waals surface area (Å²) < 4.78 is 20.5. The van der Waals surface area contributed by atoms with Crippen molar-refractivity contribution in [3.8, 4) is 5.75 Å². The molecule has 1 aliphatic heterocycles. The predicted molar refractivity (Wildman–Crippen MR) is 107 cm³/mol. The average molecular weight is 410 g/mol. The summed E-state index contributed by atoms with van der Waals surface area (Å²) in [5.41, 5.74) is 4.90. The fourth-order valence-corrected chi connectivity index (χ4v) is 4.68. The standard InChI is InChI=1S/C21H19FN4O2S/c1-28-16-10-6-12(7-11-16)17-19(18(27)13-4-8-15(22)9-5-13)29-21-24-23-20(14-2-3-14)26(21)25-17/h4-11,14,17,19,25H,2-3H2,1H3/t17-,19+/m1/s1. The predicted octanol–water partition coefficient (Wildman–Crippen LogP) is 3.95. The van der Waals surface area contributed by atoms with Crippen molar-refractivity contribution >= 4 is 17.5 Å². The number of ketones is 1. The van der Waals surface area contributed by atoms with Crippen LogP contribution in [0.3, 0.4) is 0 Å². The van der Waals surface area contributed by atoms with Crippen molar-refractivity contribution in [2.45, 2.75) is 35.2 Å². The van der Waals surface area contributed by atoms with Crippen molar-refractivity contribution in [2.75, 3.05) is 12.5 Å². The maximum Gasteiger partial charge on any atom is 0.210 e. The third-order valence-corrected chi connectivity index (χ3v) is 6.48. The summed E-state index contributed by atoms with van der Waals surface area (Å²) in [5, 5.41) is 8.85. The molecule has 1 saturated carbocycles. The summed E-state index contributed by atoms with van der Waals surface area (Å²) in [6.07, 6.45) is 2.21. The Morgan fingerprint density at radius 3 is 2.52 bits per heavy atom. The van der Waals surface area contributed by atoms with Gasteiger partial charge in [0.15, 0.2) is 11.6 Å². The molecule has 0 amide bonds. The summed E-state index contributed by atoms with van der Waals surface area (Å²) in [6.45, 7) is 0. The van der Waals surface area contributed by atoms with E-state index in [1.807, 2.05) is 28.9 Å². The van der Waals surface area contributed by atoms with E-state index in [0.717, 1.165) is 30.0 Å². The van der Waals surface area contributed by atoms with Crippen molar-refractivity contribution in [1.82, 2.24) is 14.9 Å². The van der Waals surface area contributed by atoms with Crippen LogP contribution < -0.4 is 10.2 Å². The Balaban J connectivity index is 1.53. The Morgan fingerprint density at radius 1 is 1.14 bits per heavy atom. The third-order valence-electron chi connectivity index (χ3n) is 5.27. The quantitative estimate of drug-likeness (QED) is 0.643. The van der Waals surface area contributed by atoms with Gasteiger partial charge in [0.05, 0.1) is 13.2 Å². The second kappa shape index (κ2) is 7.18. The number of carbonyl (C=O) groups excluding carboxylic acids is 1. The summed E-state index contributed by atoms with van der Waals surface area (Å²) in [6, 6.07) is 13.0. The molecule has 8 heteroatoms. The number of nitrogens with one attached hydrogen (secondary N) is 1. The van der Waals surface area contributed by atoms with Crippen molar-refractivity contribution in [2.24, 2.45) is 0 Å². The number of Topliss-reactive ketones (excluding diaryl/α,β-unsaturated/α-hetero) is 1. The van der Waals surface area contributed by atoms with Gasteiger partial charge in [-0.25, -0.2) is 9.07 Å². The maximum atomic E-state index is 13.3. The van der Waals surface area contributed by atoms with Crippen LogP contribution in [0.2, 0.25) is 0 Å². The fraction of sp³-hybridized carbons (Fsp3) is 0.286. The Bertz CT molecular complexity index is 1050. The van der Waals surface area contributed by atoms with Crippen LogP contribution in [-0.2, 0) is 0 Å². The van der Waals surface area contributed by atoms with Crippen LogP contribution in [-0.4, -0.2) is 33.0 Å². The van der Waals surface area contributed by atoms with Crippen LogP contribution in [0.15, 0.2) is 53.7 Å². The zero-order valence-electron chi connectivity index (χ0n) is 15.7. The Kier molecular flexibility index (Phi) is 4.50. The largest absolute Gasteiger partial charge is 0.497 e. The van der Waals surface area contributed by atoms with E-state index >= 15 is 0 Å². The lowest BCUT2D eigenvalue weighted by molar-refractivity contribution is 0.0980. The SMILES string of the molecule is COc1ccc([C@H]2Nn3c(nnc3C3CC3)S[C@@H]2C(=O)c2ccc(F)cc2)cc1. The lowest BCUT2D eigenvalue weighted by Crippen LogP contribution is -2.39. The van der Waals surface area contributed by atoms with E-state index < -0.39 is 5.25 Å². The maximum absolute atomic E-state index is 13.3. The molecule has 0 spiro atoms. The summed E-state index contributed by atoms with van der Waals surface area (Å²) >= 11 is 1.40. The number of hydrogen-bond donors (Lipinski definition) is 1. The van der Waals surface area contributed by atoms with Crippen molar-refractivity contribution in [3.05, 3.63) is 71.3 Å². The molecule has 5 rings (SSSR count). The summed E-state index contributed by atoms with van der Waals surface area (Å²) in [7, 11) is 1.62. The van der Waals surface area contributed by atoms with Gasteiger partial charge in [-0.1, -0.05) is 23.9 Å². The van der Waals surface area contributed by atoms with Gasteiger partial charge in [0, 0.05) is 11.5 Å². The first-order chi connectivity index (χ1) is 14.1. The minimum Gasteiger partial charge on any atom is -0.497 e. The number of halogens is 1.